The molecule has 0 amide bonds. The number of nitrogens with zero attached hydrogens (tertiary/aromatic N) is 6. The van der Waals surface area contributed by atoms with E-state index in [1.165, 1.54) is 11.3 Å². The molecule has 4 heterocycles. The zero-order valence-electron chi connectivity index (χ0n) is 16.2. The molecule has 4 rings (SSSR count). The number of morpholine rings is 1. The van der Waals surface area contributed by atoms with Gasteiger partial charge in [0, 0.05) is 45.0 Å². The number of hydrogen-bond donors (Lipinski definition) is 1. The minimum Gasteiger partial charge on any atom is -0.383 e. The topological polar surface area (TPSA) is 80.0 Å². The molecule has 0 saturated carbocycles. The smallest absolute Gasteiger partial charge is 0.214 e. The molecule has 3 aromatic heterocycles. The maximum Gasteiger partial charge on any atom is 0.214 e. The van der Waals surface area contributed by atoms with Gasteiger partial charge in [0.25, 0.3) is 0 Å². The van der Waals surface area contributed by atoms with Crippen molar-refractivity contribution in [2.75, 3.05) is 63.4 Å². The van der Waals surface area contributed by atoms with Crippen molar-refractivity contribution >= 4 is 27.2 Å². The summed E-state index contributed by atoms with van der Waals surface area (Å²) in [6.45, 7) is 7.67. The molecule has 1 aliphatic heterocycles. The van der Waals surface area contributed by atoms with Gasteiger partial charge in [-0.05, 0) is 19.1 Å². The molecule has 0 bridgehead atoms. The average molecular weight is 404 g/mol. The fourth-order valence-electron chi connectivity index (χ4n) is 3.16. The predicted octanol–water partition coefficient (Wildman–Crippen LogP) is 1.98. The second-order valence-corrected chi connectivity index (χ2v) is 7.32. The Morgan fingerprint density at radius 1 is 1.32 bits per heavy atom. The summed E-state index contributed by atoms with van der Waals surface area (Å²) in [5.41, 5.74) is 1.85. The van der Waals surface area contributed by atoms with Gasteiger partial charge in [-0.15, -0.1) is 5.10 Å². The third-order valence-corrected chi connectivity index (χ3v) is 5.44. The highest BCUT2D eigenvalue weighted by Crippen LogP contribution is 2.25. The van der Waals surface area contributed by atoms with Gasteiger partial charge in [-0.25, -0.2) is 19.5 Å². The van der Waals surface area contributed by atoms with Crippen molar-refractivity contribution < 1.29 is 9.47 Å². The lowest BCUT2D eigenvalue weighted by molar-refractivity contribution is 0.0318. The molecule has 10 heteroatoms. The lowest BCUT2D eigenvalue weighted by Crippen LogP contribution is -2.49. The van der Waals surface area contributed by atoms with Gasteiger partial charge in [-0.3, -0.25) is 5.01 Å². The van der Waals surface area contributed by atoms with Crippen molar-refractivity contribution in [3.63, 3.8) is 0 Å². The molecule has 150 valence electrons. The molecule has 3 aromatic rings. The molecule has 1 N–H and O–H groups in total. The molecule has 0 aliphatic carbocycles. The monoisotopic (exact) mass is 403 g/mol. The summed E-state index contributed by atoms with van der Waals surface area (Å²) in [5.74, 6) is 0.942. The molecule has 1 saturated heterocycles. The highest BCUT2D eigenvalue weighted by atomic mass is 32.1. The van der Waals surface area contributed by atoms with Crippen LogP contribution in [0.15, 0.2) is 24.5 Å². The van der Waals surface area contributed by atoms with Crippen LogP contribution in [-0.4, -0.2) is 77.7 Å². The molecular weight excluding hydrogens is 378 g/mol. The molecule has 1 aliphatic rings. The third kappa shape index (κ3) is 4.09. The number of hydrogen-bond acceptors (Lipinski definition) is 9. The fraction of sp³-hybridized carbons (Fsp3) is 0.500. The van der Waals surface area contributed by atoms with Crippen LogP contribution in [0.4, 0.5) is 10.9 Å². The van der Waals surface area contributed by atoms with Crippen LogP contribution in [0.1, 0.15) is 6.92 Å². The summed E-state index contributed by atoms with van der Waals surface area (Å²) >= 11 is 1.52. The highest BCUT2D eigenvalue weighted by molar-refractivity contribution is 7.20. The SMILES string of the molecule is CCN(c1ccc(-c2cn3nc(NCCOC)sc3n2)cn1)N1CCOCC1. The van der Waals surface area contributed by atoms with Gasteiger partial charge in [0.15, 0.2) is 0 Å². The minimum atomic E-state index is 0.643. The van der Waals surface area contributed by atoms with E-state index < -0.39 is 0 Å². The number of ether oxygens (including phenoxy) is 2. The van der Waals surface area contributed by atoms with Gasteiger partial charge >= 0.3 is 0 Å². The second kappa shape index (κ2) is 8.82. The van der Waals surface area contributed by atoms with E-state index in [0.717, 1.165) is 66.6 Å². The average Bonchev–Trinajstić information content (AvgIpc) is 3.29. The highest BCUT2D eigenvalue weighted by Gasteiger charge is 2.19. The summed E-state index contributed by atoms with van der Waals surface area (Å²) in [5, 5.41) is 13.1. The van der Waals surface area contributed by atoms with Gasteiger partial charge in [0.2, 0.25) is 10.1 Å². The Labute approximate surface area is 167 Å². The molecule has 28 heavy (non-hydrogen) atoms. The van der Waals surface area contributed by atoms with Crippen LogP contribution in [0.5, 0.6) is 0 Å². The number of rotatable bonds is 8. The molecular formula is C18H25N7O2S. The molecule has 0 spiro atoms. The van der Waals surface area contributed by atoms with Gasteiger partial charge in [-0.2, -0.15) is 0 Å². The number of imidazole rings is 1. The van der Waals surface area contributed by atoms with Gasteiger partial charge in [0.05, 0.1) is 31.7 Å². The summed E-state index contributed by atoms with van der Waals surface area (Å²) in [4.78, 5) is 10.2. The lowest BCUT2D eigenvalue weighted by atomic mass is 10.2. The first-order valence-corrected chi connectivity index (χ1v) is 10.3. The number of methoxy groups -OCH3 is 1. The number of pyridine rings is 1. The van der Waals surface area contributed by atoms with E-state index in [0.29, 0.717) is 6.61 Å². The summed E-state index contributed by atoms with van der Waals surface area (Å²) in [6, 6.07) is 4.11. The normalized spacial score (nSPS) is 15.2. The summed E-state index contributed by atoms with van der Waals surface area (Å²) in [6.07, 6.45) is 3.81. The summed E-state index contributed by atoms with van der Waals surface area (Å²) in [7, 11) is 1.68. The first-order valence-electron chi connectivity index (χ1n) is 9.44. The first kappa shape index (κ1) is 19.1. The van der Waals surface area contributed by atoms with Gasteiger partial charge < -0.3 is 14.8 Å². The van der Waals surface area contributed by atoms with Crippen LogP contribution in [0.25, 0.3) is 16.2 Å². The molecule has 0 atom stereocenters. The van der Waals surface area contributed by atoms with Crippen LogP contribution in [-0.2, 0) is 9.47 Å². The Balaban J connectivity index is 1.47. The van der Waals surface area contributed by atoms with Crippen molar-refractivity contribution in [3.05, 3.63) is 24.5 Å². The lowest BCUT2D eigenvalue weighted by Gasteiger charge is -2.37. The van der Waals surface area contributed by atoms with Crippen molar-refractivity contribution in [3.8, 4) is 11.3 Å². The summed E-state index contributed by atoms with van der Waals surface area (Å²) < 4.78 is 12.3. The van der Waals surface area contributed by atoms with Gasteiger partial charge in [-0.1, -0.05) is 11.3 Å². The van der Waals surface area contributed by atoms with Crippen molar-refractivity contribution in [2.24, 2.45) is 0 Å². The Morgan fingerprint density at radius 2 is 2.18 bits per heavy atom. The van der Waals surface area contributed by atoms with E-state index >= 15 is 0 Å². The van der Waals surface area contributed by atoms with Crippen LogP contribution in [0.3, 0.4) is 0 Å². The zero-order chi connectivity index (χ0) is 19.3. The molecule has 9 nitrogen and oxygen atoms in total. The van der Waals surface area contributed by atoms with Gasteiger partial charge in [0.1, 0.15) is 5.82 Å². The van der Waals surface area contributed by atoms with Crippen LogP contribution >= 0.6 is 11.3 Å². The molecule has 0 unspecified atom stereocenters. The Morgan fingerprint density at radius 3 is 2.86 bits per heavy atom. The minimum absolute atomic E-state index is 0.643. The maximum atomic E-state index is 5.45. The standard InChI is InChI=1S/C18H25N7O2S/c1-3-25(23-7-10-27-11-8-23)16-5-4-14(12-20-16)15-13-24-18(21-15)28-17(22-24)19-6-9-26-2/h4-5,12-13H,3,6-11H2,1-2H3,(H,19,22). The van der Waals surface area contributed by atoms with Crippen molar-refractivity contribution in [2.45, 2.75) is 6.92 Å². The van der Waals surface area contributed by atoms with Crippen LogP contribution in [0, 0.1) is 0 Å². The zero-order valence-corrected chi connectivity index (χ0v) is 17.0. The van der Waals surface area contributed by atoms with E-state index in [1.807, 2.05) is 18.5 Å². The van der Waals surface area contributed by atoms with Crippen molar-refractivity contribution in [1.82, 2.24) is 24.6 Å². The molecule has 0 radical (unpaired) electrons. The Hall–Kier alpha value is -2.27. The number of nitrogens with one attached hydrogen (secondary N) is 1. The van der Waals surface area contributed by atoms with E-state index in [9.17, 15) is 0 Å². The first-order chi connectivity index (χ1) is 13.8. The molecule has 1 fully saturated rings. The quantitative estimate of drug-likeness (QED) is 0.572. The van der Waals surface area contributed by atoms with E-state index in [1.54, 1.807) is 11.6 Å². The van der Waals surface area contributed by atoms with Crippen molar-refractivity contribution in [1.29, 1.82) is 0 Å². The van der Waals surface area contributed by atoms with E-state index in [-0.39, 0.29) is 0 Å². The van der Waals surface area contributed by atoms with E-state index in [2.05, 4.69) is 43.4 Å². The van der Waals surface area contributed by atoms with Crippen LogP contribution in [0.2, 0.25) is 0 Å². The maximum absolute atomic E-state index is 5.45. The Bertz CT molecular complexity index is 858. The third-order valence-electron chi connectivity index (χ3n) is 4.56. The predicted molar refractivity (Wildman–Crippen MR) is 110 cm³/mol. The fourth-order valence-corrected chi connectivity index (χ4v) is 3.97. The second-order valence-electron chi connectivity index (χ2n) is 6.37. The van der Waals surface area contributed by atoms with E-state index in [4.69, 9.17) is 9.47 Å². The number of anilines is 2. The number of fused-ring (bicyclic) bond motifs is 1. The van der Waals surface area contributed by atoms with Crippen LogP contribution < -0.4 is 10.3 Å². The Kier molecular flexibility index (Phi) is 6.01. The molecule has 0 aromatic carbocycles. The number of aromatic nitrogens is 4. The number of hydrazine groups is 1. The largest absolute Gasteiger partial charge is 0.383 e.